The summed E-state index contributed by atoms with van der Waals surface area (Å²) in [7, 11) is 0.780. The Morgan fingerprint density at radius 3 is 2.23 bits per heavy atom. The molecule has 2 N–H and O–H groups in total. The van der Waals surface area contributed by atoms with Crippen molar-refractivity contribution in [3.63, 3.8) is 0 Å². The van der Waals surface area contributed by atoms with Gasteiger partial charge in [-0.15, -0.1) is 0 Å². The highest BCUT2D eigenvalue weighted by atomic mass is 28.2. The van der Waals surface area contributed by atoms with Crippen molar-refractivity contribution < 1.29 is 4.43 Å². The van der Waals surface area contributed by atoms with Gasteiger partial charge in [0.15, 0.2) is 0 Å². The van der Waals surface area contributed by atoms with E-state index in [9.17, 15) is 0 Å². The van der Waals surface area contributed by atoms with E-state index in [1.54, 1.807) is 0 Å². The van der Waals surface area contributed by atoms with Crippen LogP contribution in [0.2, 0.25) is 0 Å². The maximum atomic E-state index is 7.21. The van der Waals surface area contributed by atoms with Crippen LogP contribution < -0.4 is 5.73 Å². The Labute approximate surface area is 139 Å². The first-order chi connectivity index (χ1) is 10.1. The normalized spacial score (nSPS) is 36.5. The van der Waals surface area contributed by atoms with Gasteiger partial charge in [0.25, 0.3) is 0 Å². The van der Waals surface area contributed by atoms with E-state index in [4.69, 9.17) is 10.2 Å². The Morgan fingerprint density at radius 1 is 1.14 bits per heavy atom. The van der Waals surface area contributed by atoms with E-state index in [1.807, 2.05) is 0 Å². The van der Waals surface area contributed by atoms with E-state index in [1.165, 1.54) is 18.4 Å². The van der Waals surface area contributed by atoms with Crippen molar-refractivity contribution in [3.05, 3.63) is 35.9 Å². The Kier molecular flexibility index (Phi) is 4.64. The Hall–Kier alpha value is -0.643. The molecule has 1 aromatic rings. The molecule has 3 atom stereocenters. The second kappa shape index (κ2) is 5.77. The third kappa shape index (κ3) is 2.38. The number of hydrogen-bond donors (Lipinski definition) is 1. The fourth-order valence-corrected chi connectivity index (χ4v) is 5.47. The average molecular weight is 320 g/mol. The second-order valence-corrected chi connectivity index (χ2v) is 9.14. The number of hydrogen-bond acceptors (Lipinski definition) is 2. The predicted molar refractivity (Wildman–Crippen MR) is 98.0 cm³/mol. The van der Waals surface area contributed by atoms with Crippen LogP contribution in [0, 0.1) is 10.8 Å². The molecule has 0 amide bonds. The molecule has 0 aromatic heterocycles. The van der Waals surface area contributed by atoms with Gasteiger partial charge in [-0.3, -0.25) is 0 Å². The Morgan fingerprint density at radius 2 is 1.73 bits per heavy atom. The zero-order valence-electron chi connectivity index (χ0n) is 15.2. The first kappa shape index (κ1) is 17.7. The van der Waals surface area contributed by atoms with Gasteiger partial charge in [-0.2, -0.15) is 0 Å². The molecule has 2 nitrogen and oxygen atoms in total. The molecule has 1 aliphatic rings. The van der Waals surface area contributed by atoms with Gasteiger partial charge in [-0.05, 0) is 23.8 Å². The fourth-order valence-electron chi connectivity index (χ4n) is 4.83. The van der Waals surface area contributed by atoms with Gasteiger partial charge in [0.05, 0.1) is 0 Å². The van der Waals surface area contributed by atoms with Crippen molar-refractivity contribution in [2.75, 3.05) is 6.61 Å². The minimum absolute atomic E-state index is 0.0322. The van der Waals surface area contributed by atoms with Gasteiger partial charge in [-0.25, -0.2) is 0 Å². The summed E-state index contributed by atoms with van der Waals surface area (Å²) in [5.74, 6) is 0. The summed E-state index contributed by atoms with van der Waals surface area (Å²) in [4.78, 5) is 0. The smallest absolute Gasteiger partial charge is 0.145 e. The molecule has 0 radical (unpaired) electrons. The zero-order valence-corrected chi connectivity index (χ0v) is 17.2. The highest BCUT2D eigenvalue weighted by Gasteiger charge is 2.62. The molecule has 0 heterocycles. The second-order valence-electron chi connectivity index (χ2n) is 8.56. The number of benzene rings is 1. The molecule has 124 valence electrons. The highest BCUT2D eigenvalue weighted by Crippen LogP contribution is 2.60. The van der Waals surface area contributed by atoms with Crippen LogP contribution in [-0.4, -0.2) is 22.6 Å². The predicted octanol–water partition coefficient (Wildman–Crippen LogP) is 3.18. The fraction of sp³-hybridized carbons (Fsp3) is 0.684. The monoisotopic (exact) mass is 319 g/mol. The van der Waals surface area contributed by atoms with Crippen LogP contribution in [0.25, 0.3) is 0 Å². The van der Waals surface area contributed by atoms with E-state index in [2.05, 4.69) is 65.0 Å². The molecule has 1 aliphatic carbocycles. The molecule has 0 spiro atoms. The molecule has 3 heteroatoms. The SMILES string of the molecule is CC(C)(C)[C@]1(N)CCCC(C)(CO[SiH3])[C@@]1(C)c1ccccc1. The Bertz CT molecular complexity index is 508. The lowest BCUT2D eigenvalue weighted by Gasteiger charge is -2.64. The van der Waals surface area contributed by atoms with Crippen LogP contribution in [0.15, 0.2) is 30.3 Å². The number of nitrogens with two attached hydrogens (primary N) is 1. The van der Waals surface area contributed by atoms with Crippen molar-refractivity contribution in [3.8, 4) is 0 Å². The lowest BCUT2D eigenvalue weighted by atomic mass is 9.43. The molecule has 0 aliphatic heterocycles. The van der Waals surface area contributed by atoms with Crippen LogP contribution in [0.3, 0.4) is 0 Å². The third-order valence-electron chi connectivity index (χ3n) is 6.55. The molecular weight excluding hydrogens is 286 g/mol. The standard InChI is InChI=1S/C19H33NOSi/c1-16(2,3)19(20)13-9-12-17(4,14-21-22)18(19,5)15-10-7-6-8-11-15/h6-8,10-11H,9,12-14,20H2,1-5,22H3/t17?,18-,19-/m1/s1. The molecule has 1 saturated carbocycles. The first-order valence-electron chi connectivity index (χ1n) is 8.46. The summed E-state index contributed by atoms with van der Waals surface area (Å²) >= 11 is 0. The molecule has 1 fully saturated rings. The molecule has 2 rings (SSSR count). The van der Waals surface area contributed by atoms with Crippen molar-refractivity contribution in [1.82, 2.24) is 0 Å². The van der Waals surface area contributed by atoms with Crippen LogP contribution in [0.4, 0.5) is 0 Å². The summed E-state index contributed by atoms with van der Waals surface area (Å²) in [6, 6.07) is 10.9. The summed E-state index contributed by atoms with van der Waals surface area (Å²) in [5, 5.41) is 0. The molecule has 1 aromatic carbocycles. The highest BCUT2D eigenvalue weighted by molar-refractivity contribution is 5.98. The summed E-state index contributed by atoms with van der Waals surface area (Å²) in [6.07, 6.45) is 3.42. The lowest BCUT2D eigenvalue weighted by molar-refractivity contribution is -0.0670. The van der Waals surface area contributed by atoms with Crippen LogP contribution in [0.5, 0.6) is 0 Å². The molecule has 0 bridgehead atoms. The van der Waals surface area contributed by atoms with Crippen LogP contribution in [-0.2, 0) is 9.84 Å². The molecule has 1 unspecified atom stereocenters. The summed E-state index contributed by atoms with van der Waals surface area (Å²) in [6.45, 7) is 12.4. The van der Waals surface area contributed by atoms with Gasteiger partial charge >= 0.3 is 0 Å². The quantitative estimate of drug-likeness (QED) is 0.869. The van der Waals surface area contributed by atoms with E-state index >= 15 is 0 Å². The van der Waals surface area contributed by atoms with Gasteiger partial charge in [0.2, 0.25) is 0 Å². The maximum absolute atomic E-state index is 7.21. The zero-order chi connectivity index (χ0) is 16.6. The average Bonchev–Trinajstić information content (AvgIpc) is 2.45. The lowest BCUT2D eigenvalue weighted by Crippen LogP contribution is -2.72. The van der Waals surface area contributed by atoms with Crippen molar-refractivity contribution >= 4 is 10.5 Å². The van der Waals surface area contributed by atoms with Crippen LogP contribution in [0.1, 0.15) is 59.4 Å². The van der Waals surface area contributed by atoms with E-state index in [0.29, 0.717) is 0 Å². The molecular formula is C19H33NOSi. The van der Waals surface area contributed by atoms with Crippen molar-refractivity contribution in [2.45, 2.75) is 64.8 Å². The minimum atomic E-state index is -0.256. The van der Waals surface area contributed by atoms with Gasteiger partial charge in [0.1, 0.15) is 10.5 Å². The van der Waals surface area contributed by atoms with Crippen LogP contribution >= 0.6 is 0 Å². The number of rotatable bonds is 3. The summed E-state index contributed by atoms with van der Waals surface area (Å²) in [5.41, 5.74) is 8.30. The topological polar surface area (TPSA) is 35.2 Å². The molecule has 0 saturated heterocycles. The van der Waals surface area contributed by atoms with Gasteiger partial charge in [0, 0.05) is 23.0 Å². The van der Waals surface area contributed by atoms with E-state index < -0.39 is 0 Å². The maximum Gasteiger partial charge on any atom is 0.145 e. The van der Waals surface area contributed by atoms with Gasteiger partial charge < -0.3 is 10.2 Å². The third-order valence-corrected chi connectivity index (χ3v) is 6.84. The van der Waals surface area contributed by atoms with Crippen molar-refractivity contribution in [2.24, 2.45) is 16.6 Å². The van der Waals surface area contributed by atoms with E-state index in [-0.39, 0.29) is 21.8 Å². The minimum Gasteiger partial charge on any atom is -0.427 e. The van der Waals surface area contributed by atoms with Gasteiger partial charge in [-0.1, -0.05) is 71.4 Å². The van der Waals surface area contributed by atoms with E-state index in [0.717, 1.165) is 23.5 Å². The largest absolute Gasteiger partial charge is 0.427 e. The first-order valence-corrected chi connectivity index (χ1v) is 9.27. The van der Waals surface area contributed by atoms with Crippen molar-refractivity contribution in [1.29, 1.82) is 0 Å². The molecule has 22 heavy (non-hydrogen) atoms. The summed E-state index contributed by atoms with van der Waals surface area (Å²) < 4.78 is 5.79. The Balaban J connectivity index is 2.70.